The lowest BCUT2D eigenvalue weighted by molar-refractivity contribution is -0.140. The van der Waals surface area contributed by atoms with Crippen molar-refractivity contribution in [3.8, 4) is 0 Å². The minimum absolute atomic E-state index is 0.0386. The van der Waals surface area contributed by atoms with Crippen LogP contribution >= 0.6 is 23.2 Å². The smallest absolute Gasteiger partial charge is 0.264 e. The molecular weight excluding hydrogens is 557 g/mol. The highest BCUT2D eigenvalue weighted by molar-refractivity contribution is 7.92. The fourth-order valence-electron chi connectivity index (χ4n) is 3.84. The second kappa shape index (κ2) is 12.4. The first-order chi connectivity index (χ1) is 18.2. The van der Waals surface area contributed by atoms with Crippen LogP contribution in [0.2, 0.25) is 10.0 Å². The largest absolute Gasteiger partial charge is 0.350 e. The van der Waals surface area contributed by atoms with Crippen molar-refractivity contribution in [2.45, 2.75) is 57.6 Å². The summed E-state index contributed by atoms with van der Waals surface area (Å²) in [6.45, 7) is 8.70. The molecule has 39 heavy (non-hydrogen) atoms. The van der Waals surface area contributed by atoms with Crippen molar-refractivity contribution in [2.24, 2.45) is 0 Å². The Labute approximate surface area is 240 Å². The Kier molecular flexibility index (Phi) is 9.69. The highest BCUT2D eigenvalue weighted by Crippen LogP contribution is 2.27. The van der Waals surface area contributed by atoms with Crippen LogP contribution < -0.4 is 9.62 Å². The molecule has 0 aliphatic heterocycles. The topological polar surface area (TPSA) is 86.8 Å². The maximum atomic E-state index is 13.9. The van der Waals surface area contributed by atoms with Crippen LogP contribution in [0.15, 0.2) is 77.7 Å². The number of rotatable bonds is 9. The molecule has 7 nitrogen and oxygen atoms in total. The first kappa shape index (κ1) is 30.5. The monoisotopic (exact) mass is 589 g/mol. The highest BCUT2D eigenvalue weighted by Gasteiger charge is 2.33. The summed E-state index contributed by atoms with van der Waals surface area (Å²) in [7, 11) is -4.20. The maximum absolute atomic E-state index is 13.9. The molecular formula is C29H33Cl2N3O4S. The Bertz CT molecular complexity index is 1420. The molecule has 0 aromatic heterocycles. The van der Waals surface area contributed by atoms with Gasteiger partial charge in [0.15, 0.2) is 0 Å². The van der Waals surface area contributed by atoms with Gasteiger partial charge in [-0.25, -0.2) is 8.42 Å². The van der Waals surface area contributed by atoms with Gasteiger partial charge in [-0.05, 0) is 82.6 Å². The van der Waals surface area contributed by atoms with Crippen LogP contribution in [0.1, 0.15) is 38.8 Å². The first-order valence-corrected chi connectivity index (χ1v) is 14.6. The minimum atomic E-state index is -4.20. The number of hydrogen-bond acceptors (Lipinski definition) is 4. The van der Waals surface area contributed by atoms with Crippen LogP contribution in [0.3, 0.4) is 0 Å². The van der Waals surface area contributed by atoms with Crippen LogP contribution in [0.5, 0.6) is 0 Å². The van der Waals surface area contributed by atoms with E-state index in [9.17, 15) is 18.0 Å². The van der Waals surface area contributed by atoms with Crippen LogP contribution in [0.4, 0.5) is 5.69 Å². The Morgan fingerprint density at radius 3 is 2.10 bits per heavy atom. The van der Waals surface area contributed by atoms with Gasteiger partial charge in [0, 0.05) is 22.1 Å². The van der Waals surface area contributed by atoms with Crippen LogP contribution in [-0.2, 0) is 26.2 Å². The van der Waals surface area contributed by atoms with Crippen LogP contribution in [-0.4, -0.2) is 43.3 Å². The third-order valence-electron chi connectivity index (χ3n) is 5.92. The molecule has 1 atom stereocenters. The third-order valence-corrected chi connectivity index (χ3v) is 8.19. The fourth-order valence-corrected chi connectivity index (χ4v) is 5.56. The number of aryl methyl sites for hydroxylation is 1. The van der Waals surface area contributed by atoms with Crippen molar-refractivity contribution in [3.05, 3.63) is 94.0 Å². The molecule has 208 valence electrons. The van der Waals surface area contributed by atoms with Gasteiger partial charge in [0.05, 0.1) is 10.6 Å². The van der Waals surface area contributed by atoms with Gasteiger partial charge in [0.2, 0.25) is 11.8 Å². The van der Waals surface area contributed by atoms with Gasteiger partial charge in [-0.15, -0.1) is 0 Å². The van der Waals surface area contributed by atoms with E-state index in [1.54, 1.807) is 25.1 Å². The van der Waals surface area contributed by atoms with E-state index >= 15 is 0 Å². The zero-order valence-corrected chi connectivity index (χ0v) is 24.9. The summed E-state index contributed by atoms with van der Waals surface area (Å²) in [6, 6.07) is 18.7. The van der Waals surface area contributed by atoms with Crippen molar-refractivity contribution >= 4 is 50.7 Å². The average molecular weight is 591 g/mol. The first-order valence-electron chi connectivity index (χ1n) is 12.4. The van der Waals surface area contributed by atoms with Gasteiger partial charge >= 0.3 is 0 Å². The molecule has 3 rings (SSSR count). The minimum Gasteiger partial charge on any atom is -0.350 e. The number of benzene rings is 3. The van der Waals surface area contributed by atoms with Gasteiger partial charge in [-0.3, -0.25) is 13.9 Å². The molecule has 1 N–H and O–H groups in total. The maximum Gasteiger partial charge on any atom is 0.264 e. The summed E-state index contributed by atoms with van der Waals surface area (Å²) in [5.74, 6) is -0.900. The van der Waals surface area contributed by atoms with E-state index < -0.39 is 34.1 Å². The molecule has 0 spiro atoms. The van der Waals surface area contributed by atoms with Gasteiger partial charge in [0.1, 0.15) is 12.6 Å². The number of hydrogen-bond donors (Lipinski definition) is 1. The van der Waals surface area contributed by atoms with E-state index in [0.29, 0.717) is 10.0 Å². The van der Waals surface area contributed by atoms with E-state index in [4.69, 9.17) is 23.2 Å². The Hall–Kier alpha value is -3.07. The summed E-state index contributed by atoms with van der Waals surface area (Å²) in [5.41, 5.74) is 1.55. The van der Waals surface area contributed by atoms with Crippen LogP contribution in [0, 0.1) is 6.92 Å². The quantitative estimate of drug-likeness (QED) is 0.340. The molecule has 0 saturated heterocycles. The lowest BCUT2D eigenvalue weighted by Crippen LogP contribution is -2.54. The number of nitrogens with one attached hydrogen (secondary N) is 1. The molecule has 2 amide bonds. The van der Waals surface area contributed by atoms with Gasteiger partial charge in [-0.1, -0.05) is 59.1 Å². The SMILES string of the molecule is Cc1ccc(CN(C(=O)CN(c2cccc(Cl)c2)S(=O)(=O)c2ccc(Cl)cc2)[C@H](C)C(=O)NC(C)(C)C)cc1. The molecule has 0 radical (unpaired) electrons. The molecule has 3 aromatic rings. The molecule has 10 heteroatoms. The number of halogens is 2. The third kappa shape index (κ3) is 8.21. The number of nitrogens with zero attached hydrogens (tertiary/aromatic N) is 2. The van der Waals surface area contributed by atoms with E-state index in [0.717, 1.165) is 15.4 Å². The fraction of sp³-hybridized carbons (Fsp3) is 0.310. The zero-order chi connectivity index (χ0) is 29.0. The number of amides is 2. The molecule has 0 aliphatic carbocycles. The van der Waals surface area contributed by atoms with Crippen molar-refractivity contribution in [1.29, 1.82) is 0 Å². The second-order valence-electron chi connectivity index (χ2n) is 10.4. The molecule has 0 unspecified atom stereocenters. The lowest BCUT2D eigenvalue weighted by Gasteiger charge is -2.33. The Morgan fingerprint density at radius 1 is 0.923 bits per heavy atom. The molecule has 0 bridgehead atoms. The van der Waals surface area contributed by atoms with Crippen LogP contribution in [0.25, 0.3) is 0 Å². The second-order valence-corrected chi connectivity index (χ2v) is 13.1. The van der Waals surface area contributed by atoms with E-state index in [1.807, 2.05) is 52.0 Å². The number of anilines is 1. The summed E-state index contributed by atoms with van der Waals surface area (Å²) >= 11 is 12.2. The highest BCUT2D eigenvalue weighted by atomic mass is 35.5. The molecule has 0 fully saturated rings. The number of sulfonamides is 1. The van der Waals surface area contributed by atoms with Gasteiger partial charge in [0.25, 0.3) is 10.0 Å². The Morgan fingerprint density at radius 2 is 1.54 bits per heavy atom. The molecule has 0 saturated carbocycles. The Balaban J connectivity index is 2.03. The number of carbonyl (C=O) groups excluding carboxylic acids is 2. The predicted molar refractivity (Wildman–Crippen MR) is 157 cm³/mol. The summed E-state index contributed by atoms with van der Waals surface area (Å²) in [5, 5.41) is 3.60. The van der Waals surface area contributed by atoms with Gasteiger partial charge < -0.3 is 10.2 Å². The summed E-state index contributed by atoms with van der Waals surface area (Å²) in [4.78, 5) is 28.4. The van der Waals surface area contributed by atoms with Crippen molar-refractivity contribution in [2.75, 3.05) is 10.8 Å². The van der Waals surface area contributed by atoms with Crippen molar-refractivity contribution < 1.29 is 18.0 Å². The normalized spacial score (nSPS) is 12.5. The van der Waals surface area contributed by atoms with Crippen molar-refractivity contribution in [1.82, 2.24) is 10.2 Å². The van der Waals surface area contributed by atoms with Gasteiger partial charge in [-0.2, -0.15) is 0 Å². The predicted octanol–water partition coefficient (Wildman–Crippen LogP) is 5.83. The number of carbonyl (C=O) groups is 2. The summed E-state index contributed by atoms with van der Waals surface area (Å²) < 4.78 is 28.6. The van der Waals surface area contributed by atoms with E-state index in [1.165, 1.54) is 35.2 Å². The average Bonchev–Trinajstić information content (AvgIpc) is 2.85. The van der Waals surface area contributed by atoms with E-state index in [2.05, 4.69) is 5.32 Å². The van der Waals surface area contributed by atoms with E-state index in [-0.39, 0.29) is 23.0 Å². The molecule has 3 aromatic carbocycles. The zero-order valence-electron chi connectivity index (χ0n) is 22.6. The molecule has 0 aliphatic rings. The molecule has 0 heterocycles. The standard InChI is InChI=1S/C29H33Cl2N3O4S/c1-20-9-11-22(12-10-20)18-33(21(2)28(36)32-29(3,4)5)27(35)19-34(25-8-6-7-24(31)17-25)39(37,38)26-15-13-23(30)14-16-26/h6-17,21H,18-19H2,1-5H3,(H,32,36)/t21-/m1/s1. The summed E-state index contributed by atoms with van der Waals surface area (Å²) in [6.07, 6.45) is 0. The lowest BCUT2D eigenvalue weighted by atomic mass is 10.1. The van der Waals surface area contributed by atoms with Crippen molar-refractivity contribution in [3.63, 3.8) is 0 Å².